The maximum atomic E-state index is 11.0. The number of halogens is 1. The molecular formula is C8H5BrN2O. The average Bonchev–Trinajstić information content (AvgIpc) is 2.04. The molecule has 0 spiro atoms. The van der Waals surface area contributed by atoms with Crippen molar-refractivity contribution in [2.24, 2.45) is 0 Å². The highest BCUT2D eigenvalue weighted by molar-refractivity contribution is 9.10. The van der Waals surface area contributed by atoms with Gasteiger partial charge in [-0.05, 0) is 22.0 Å². The van der Waals surface area contributed by atoms with Gasteiger partial charge in [0.05, 0.1) is 0 Å². The Morgan fingerprint density at radius 2 is 2.33 bits per heavy atom. The molecule has 1 N–H and O–H groups in total. The third-order valence-corrected chi connectivity index (χ3v) is 2.14. The second kappa shape index (κ2) is 2.71. The molecule has 60 valence electrons. The van der Waals surface area contributed by atoms with Crippen LogP contribution in [-0.2, 0) is 0 Å². The molecule has 0 bridgehead atoms. The van der Waals surface area contributed by atoms with Gasteiger partial charge in [-0.15, -0.1) is 0 Å². The van der Waals surface area contributed by atoms with E-state index in [0.717, 1.165) is 10.9 Å². The Kier molecular flexibility index (Phi) is 1.69. The first-order valence-electron chi connectivity index (χ1n) is 3.41. The van der Waals surface area contributed by atoms with Crippen LogP contribution in [0.1, 0.15) is 0 Å². The van der Waals surface area contributed by atoms with E-state index in [1.165, 1.54) is 6.07 Å². The van der Waals surface area contributed by atoms with Gasteiger partial charge in [0.2, 0.25) is 5.56 Å². The van der Waals surface area contributed by atoms with Crippen molar-refractivity contribution in [1.29, 1.82) is 0 Å². The van der Waals surface area contributed by atoms with Gasteiger partial charge in [0, 0.05) is 17.6 Å². The summed E-state index contributed by atoms with van der Waals surface area (Å²) in [5, 5.41) is 0.841. The van der Waals surface area contributed by atoms with Gasteiger partial charge in [0.1, 0.15) is 10.1 Å². The molecule has 0 aliphatic rings. The van der Waals surface area contributed by atoms with Crippen LogP contribution >= 0.6 is 15.9 Å². The number of fused-ring (bicyclic) bond motifs is 1. The molecule has 0 aliphatic heterocycles. The van der Waals surface area contributed by atoms with E-state index >= 15 is 0 Å². The predicted octanol–water partition coefficient (Wildman–Crippen LogP) is 1.69. The predicted molar refractivity (Wildman–Crippen MR) is 50.1 cm³/mol. The van der Waals surface area contributed by atoms with Crippen molar-refractivity contribution < 1.29 is 0 Å². The third kappa shape index (κ3) is 1.14. The van der Waals surface area contributed by atoms with Crippen LogP contribution in [0, 0.1) is 0 Å². The van der Waals surface area contributed by atoms with Gasteiger partial charge >= 0.3 is 0 Å². The zero-order valence-corrected chi connectivity index (χ0v) is 7.63. The Bertz CT molecular complexity index is 478. The monoisotopic (exact) mass is 224 g/mol. The summed E-state index contributed by atoms with van der Waals surface area (Å²) in [5.41, 5.74) is 0.652. The number of hydrogen-bond acceptors (Lipinski definition) is 2. The van der Waals surface area contributed by atoms with Crippen LogP contribution in [0.15, 0.2) is 33.8 Å². The Morgan fingerprint density at radius 3 is 3.17 bits per heavy atom. The van der Waals surface area contributed by atoms with Crippen molar-refractivity contribution in [3.05, 3.63) is 39.4 Å². The van der Waals surface area contributed by atoms with Gasteiger partial charge in [-0.1, -0.05) is 6.07 Å². The molecule has 0 amide bonds. The Morgan fingerprint density at radius 1 is 1.50 bits per heavy atom. The summed E-state index contributed by atoms with van der Waals surface area (Å²) in [6.07, 6.45) is 1.69. The number of rotatable bonds is 0. The molecule has 0 aromatic carbocycles. The lowest BCUT2D eigenvalue weighted by atomic mass is 10.3. The minimum absolute atomic E-state index is 0.123. The molecule has 0 saturated heterocycles. The van der Waals surface area contributed by atoms with Crippen LogP contribution in [0.5, 0.6) is 0 Å². The summed E-state index contributed by atoms with van der Waals surface area (Å²) in [6.45, 7) is 0. The molecule has 2 aromatic heterocycles. The largest absolute Gasteiger partial charge is 0.315 e. The van der Waals surface area contributed by atoms with Gasteiger partial charge in [-0.3, -0.25) is 9.78 Å². The number of H-pyrrole nitrogens is 1. The van der Waals surface area contributed by atoms with E-state index in [4.69, 9.17) is 0 Å². The number of hydrogen-bond donors (Lipinski definition) is 1. The van der Waals surface area contributed by atoms with Crippen LogP contribution in [0.4, 0.5) is 0 Å². The second-order valence-corrected chi connectivity index (χ2v) is 3.18. The first kappa shape index (κ1) is 7.49. The van der Waals surface area contributed by atoms with E-state index in [1.54, 1.807) is 12.3 Å². The normalized spacial score (nSPS) is 10.4. The summed E-state index contributed by atoms with van der Waals surface area (Å²) in [4.78, 5) is 17.7. The first-order chi connectivity index (χ1) is 5.77. The molecular weight excluding hydrogens is 220 g/mol. The van der Waals surface area contributed by atoms with Gasteiger partial charge in [0.15, 0.2) is 0 Å². The van der Waals surface area contributed by atoms with Gasteiger partial charge in [-0.25, -0.2) is 0 Å². The maximum absolute atomic E-state index is 11.0. The van der Waals surface area contributed by atoms with Crippen LogP contribution in [0.2, 0.25) is 0 Å². The van der Waals surface area contributed by atoms with Crippen LogP contribution in [0.25, 0.3) is 10.9 Å². The molecule has 2 aromatic rings. The molecule has 0 aliphatic carbocycles. The highest BCUT2D eigenvalue weighted by Gasteiger charge is 1.99. The van der Waals surface area contributed by atoms with E-state index in [2.05, 4.69) is 25.9 Å². The minimum Gasteiger partial charge on any atom is -0.315 e. The minimum atomic E-state index is -0.123. The second-order valence-electron chi connectivity index (χ2n) is 2.39. The Balaban J connectivity index is 2.99. The maximum Gasteiger partial charge on any atom is 0.249 e. The van der Waals surface area contributed by atoms with Crippen molar-refractivity contribution in [3.8, 4) is 0 Å². The average molecular weight is 225 g/mol. The molecule has 4 heteroatoms. The van der Waals surface area contributed by atoms with E-state index in [1.807, 2.05) is 6.07 Å². The summed E-state index contributed by atoms with van der Waals surface area (Å²) < 4.78 is 0.630. The molecule has 12 heavy (non-hydrogen) atoms. The van der Waals surface area contributed by atoms with Crippen molar-refractivity contribution in [2.75, 3.05) is 0 Å². The lowest BCUT2D eigenvalue weighted by molar-refractivity contribution is 1.20. The highest BCUT2D eigenvalue weighted by atomic mass is 79.9. The number of nitrogens with zero attached hydrogens (tertiary/aromatic N) is 1. The zero-order valence-electron chi connectivity index (χ0n) is 6.04. The molecule has 0 saturated carbocycles. The quantitative estimate of drug-likeness (QED) is 0.693. The van der Waals surface area contributed by atoms with Crippen molar-refractivity contribution in [3.63, 3.8) is 0 Å². The lowest BCUT2D eigenvalue weighted by Gasteiger charge is -1.96. The van der Waals surface area contributed by atoms with Crippen LogP contribution in [-0.4, -0.2) is 9.97 Å². The summed E-state index contributed by atoms with van der Waals surface area (Å²) >= 11 is 3.23. The number of pyridine rings is 2. The molecule has 0 fully saturated rings. The number of nitrogens with one attached hydrogen (secondary N) is 1. The van der Waals surface area contributed by atoms with E-state index in [-0.39, 0.29) is 5.56 Å². The Labute approximate surface area is 76.6 Å². The number of aromatic amines is 1. The van der Waals surface area contributed by atoms with E-state index in [0.29, 0.717) is 4.60 Å². The third-order valence-electron chi connectivity index (χ3n) is 1.57. The fourth-order valence-corrected chi connectivity index (χ4v) is 1.59. The van der Waals surface area contributed by atoms with Gasteiger partial charge < -0.3 is 4.98 Å². The van der Waals surface area contributed by atoms with Crippen molar-refractivity contribution in [1.82, 2.24) is 9.97 Å². The summed E-state index contributed by atoms with van der Waals surface area (Å²) in [5.74, 6) is 0. The molecule has 3 nitrogen and oxygen atoms in total. The molecule has 0 unspecified atom stereocenters. The van der Waals surface area contributed by atoms with Crippen LogP contribution < -0.4 is 5.56 Å². The SMILES string of the molecule is O=c1cc2cccnc2c(Br)[nH]1. The molecule has 0 radical (unpaired) electrons. The topological polar surface area (TPSA) is 45.8 Å². The van der Waals surface area contributed by atoms with E-state index in [9.17, 15) is 4.79 Å². The standard InChI is InChI=1S/C8H5BrN2O/c9-8-7-5(2-1-3-10-7)4-6(12)11-8/h1-4H,(H,11,12). The molecule has 0 atom stereocenters. The summed E-state index contributed by atoms with van der Waals surface area (Å²) in [7, 11) is 0. The van der Waals surface area contributed by atoms with Gasteiger partial charge in [-0.2, -0.15) is 0 Å². The molecule has 2 heterocycles. The Hall–Kier alpha value is -1.16. The lowest BCUT2D eigenvalue weighted by Crippen LogP contribution is -2.03. The highest BCUT2D eigenvalue weighted by Crippen LogP contribution is 2.15. The first-order valence-corrected chi connectivity index (χ1v) is 4.20. The van der Waals surface area contributed by atoms with Gasteiger partial charge in [0.25, 0.3) is 0 Å². The number of aromatic nitrogens is 2. The van der Waals surface area contributed by atoms with E-state index < -0.39 is 0 Å². The smallest absolute Gasteiger partial charge is 0.249 e. The fourth-order valence-electron chi connectivity index (χ4n) is 1.06. The van der Waals surface area contributed by atoms with Crippen LogP contribution in [0.3, 0.4) is 0 Å². The summed E-state index contributed by atoms with van der Waals surface area (Å²) in [6, 6.07) is 5.17. The fraction of sp³-hybridized carbons (Fsp3) is 0. The zero-order chi connectivity index (χ0) is 8.55. The van der Waals surface area contributed by atoms with Crippen molar-refractivity contribution >= 4 is 26.8 Å². The van der Waals surface area contributed by atoms with Crippen molar-refractivity contribution in [2.45, 2.75) is 0 Å². The molecule has 2 rings (SSSR count).